The topological polar surface area (TPSA) is 71.7 Å². The molecular formula is C17H12N2O3. The zero-order chi connectivity index (χ0) is 15.4. The number of hydrogen-bond acceptors (Lipinski definition) is 4. The van der Waals surface area contributed by atoms with Crippen molar-refractivity contribution in [2.24, 2.45) is 5.10 Å². The molecule has 108 valence electrons. The lowest BCUT2D eigenvalue weighted by Gasteiger charge is -2.00. The quantitative estimate of drug-likeness (QED) is 0.458. The van der Waals surface area contributed by atoms with Crippen molar-refractivity contribution >= 4 is 23.1 Å². The smallest absolute Gasteiger partial charge is 0.349 e. The molecule has 0 aliphatic heterocycles. The Morgan fingerprint density at radius 3 is 2.59 bits per heavy atom. The number of hydrazone groups is 1. The van der Waals surface area contributed by atoms with Gasteiger partial charge in [0.1, 0.15) is 11.1 Å². The van der Waals surface area contributed by atoms with E-state index in [-0.39, 0.29) is 5.56 Å². The zero-order valence-electron chi connectivity index (χ0n) is 11.5. The van der Waals surface area contributed by atoms with Crippen LogP contribution in [0.5, 0.6) is 0 Å². The fourth-order valence-electron chi connectivity index (χ4n) is 1.99. The van der Waals surface area contributed by atoms with Gasteiger partial charge in [0.2, 0.25) is 0 Å². The third-order valence-electron chi connectivity index (χ3n) is 3.07. The van der Waals surface area contributed by atoms with Crippen LogP contribution in [0.2, 0.25) is 0 Å². The minimum absolute atomic E-state index is 0.0797. The maximum Gasteiger partial charge on any atom is 0.349 e. The van der Waals surface area contributed by atoms with Gasteiger partial charge in [-0.2, -0.15) is 5.10 Å². The third kappa shape index (κ3) is 2.93. The van der Waals surface area contributed by atoms with E-state index >= 15 is 0 Å². The molecule has 22 heavy (non-hydrogen) atoms. The lowest BCUT2D eigenvalue weighted by molar-refractivity contribution is 0.0951. The first-order valence-electron chi connectivity index (χ1n) is 6.65. The predicted molar refractivity (Wildman–Crippen MR) is 84.0 cm³/mol. The highest BCUT2D eigenvalue weighted by atomic mass is 16.4. The average molecular weight is 292 g/mol. The van der Waals surface area contributed by atoms with Gasteiger partial charge in [-0.1, -0.05) is 48.5 Å². The lowest BCUT2D eigenvalue weighted by atomic mass is 10.2. The summed E-state index contributed by atoms with van der Waals surface area (Å²) in [6, 6.07) is 17.8. The molecule has 0 saturated carbocycles. The number of nitrogens with one attached hydrogen (secondary N) is 1. The first-order valence-corrected chi connectivity index (χ1v) is 6.65. The summed E-state index contributed by atoms with van der Waals surface area (Å²) >= 11 is 0. The Bertz CT molecular complexity index is 898. The fraction of sp³-hybridized carbons (Fsp3) is 0. The summed E-state index contributed by atoms with van der Waals surface area (Å²) < 4.78 is 5.11. The second-order valence-electron chi connectivity index (χ2n) is 4.60. The lowest BCUT2D eigenvalue weighted by Crippen LogP contribution is -2.24. The van der Waals surface area contributed by atoms with E-state index in [1.807, 2.05) is 30.3 Å². The van der Waals surface area contributed by atoms with Gasteiger partial charge in [0.15, 0.2) is 0 Å². The molecule has 0 spiro atoms. The second kappa shape index (κ2) is 6.05. The minimum atomic E-state index is -0.689. The summed E-state index contributed by atoms with van der Waals surface area (Å²) in [6.45, 7) is 0. The van der Waals surface area contributed by atoms with Gasteiger partial charge in [0.25, 0.3) is 5.91 Å². The van der Waals surface area contributed by atoms with Crippen LogP contribution in [-0.4, -0.2) is 12.1 Å². The first-order chi connectivity index (χ1) is 10.7. The Morgan fingerprint density at radius 1 is 1.05 bits per heavy atom. The van der Waals surface area contributed by atoms with Gasteiger partial charge >= 0.3 is 5.63 Å². The van der Waals surface area contributed by atoms with E-state index in [4.69, 9.17) is 4.42 Å². The van der Waals surface area contributed by atoms with Crippen LogP contribution < -0.4 is 11.1 Å². The molecule has 0 bridgehead atoms. The Kier molecular flexibility index (Phi) is 3.78. The molecule has 0 aliphatic carbocycles. The maximum atomic E-state index is 12.0. The average Bonchev–Trinajstić information content (AvgIpc) is 2.55. The van der Waals surface area contributed by atoms with E-state index in [1.54, 1.807) is 24.3 Å². The Balaban J connectivity index is 1.82. The Morgan fingerprint density at radius 2 is 1.77 bits per heavy atom. The number of amides is 1. The van der Waals surface area contributed by atoms with Crippen LogP contribution in [0.3, 0.4) is 0 Å². The molecule has 0 radical (unpaired) electrons. The third-order valence-corrected chi connectivity index (χ3v) is 3.07. The van der Waals surface area contributed by atoms with Gasteiger partial charge in [-0.05, 0) is 17.7 Å². The summed E-state index contributed by atoms with van der Waals surface area (Å²) in [7, 11) is 0. The molecule has 3 rings (SSSR count). The Hall–Kier alpha value is -3.21. The molecule has 5 heteroatoms. The van der Waals surface area contributed by atoms with Crippen LogP contribution in [0.4, 0.5) is 0 Å². The van der Waals surface area contributed by atoms with Gasteiger partial charge in [-0.15, -0.1) is 0 Å². The second-order valence-corrected chi connectivity index (χ2v) is 4.60. The van der Waals surface area contributed by atoms with Crippen LogP contribution >= 0.6 is 0 Å². The minimum Gasteiger partial charge on any atom is -0.422 e. The summed E-state index contributed by atoms with van der Waals surface area (Å²) in [6.07, 6.45) is 1.50. The van der Waals surface area contributed by atoms with Crippen molar-refractivity contribution in [3.05, 3.63) is 82.2 Å². The molecule has 0 fully saturated rings. The van der Waals surface area contributed by atoms with Gasteiger partial charge in [-0.25, -0.2) is 10.2 Å². The van der Waals surface area contributed by atoms with Crippen molar-refractivity contribution in [2.45, 2.75) is 0 Å². The van der Waals surface area contributed by atoms with E-state index in [9.17, 15) is 9.59 Å². The SMILES string of the molecule is O=C(N/N=C\c1ccccc1)c1cc2ccccc2oc1=O. The number of fused-ring (bicyclic) bond motifs is 1. The van der Waals surface area contributed by atoms with E-state index in [0.717, 1.165) is 5.56 Å². The predicted octanol–water partition coefficient (Wildman–Crippen LogP) is 2.56. The molecule has 0 aliphatic rings. The summed E-state index contributed by atoms with van der Waals surface area (Å²) in [5.41, 5.74) is 2.84. The molecule has 1 amide bonds. The van der Waals surface area contributed by atoms with Crippen LogP contribution in [0.25, 0.3) is 11.0 Å². The maximum absolute atomic E-state index is 12.0. The number of benzene rings is 2. The van der Waals surface area contributed by atoms with Gasteiger partial charge in [0, 0.05) is 5.39 Å². The van der Waals surface area contributed by atoms with Gasteiger partial charge < -0.3 is 4.42 Å². The largest absolute Gasteiger partial charge is 0.422 e. The van der Waals surface area contributed by atoms with Crippen LogP contribution in [0.1, 0.15) is 15.9 Å². The van der Waals surface area contributed by atoms with E-state index in [2.05, 4.69) is 10.5 Å². The molecule has 5 nitrogen and oxygen atoms in total. The van der Waals surface area contributed by atoms with E-state index in [0.29, 0.717) is 11.0 Å². The van der Waals surface area contributed by atoms with Crippen LogP contribution in [0, 0.1) is 0 Å². The summed E-state index contributed by atoms with van der Waals surface area (Å²) in [4.78, 5) is 23.8. The molecular weight excluding hydrogens is 280 g/mol. The van der Waals surface area contributed by atoms with Crippen molar-refractivity contribution < 1.29 is 9.21 Å². The highest BCUT2D eigenvalue weighted by molar-refractivity contribution is 5.97. The number of carbonyl (C=O) groups is 1. The first kappa shape index (κ1) is 13.8. The number of carbonyl (C=O) groups excluding carboxylic acids is 1. The summed E-state index contributed by atoms with van der Waals surface area (Å²) in [5.74, 6) is -0.605. The molecule has 3 aromatic rings. The monoisotopic (exact) mass is 292 g/mol. The van der Waals surface area contributed by atoms with Crippen molar-refractivity contribution in [3.63, 3.8) is 0 Å². The van der Waals surface area contributed by atoms with E-state index < -0.39 is 11.5 Å². The molecule has 0 atom stereocenters. The fourth-order valence-corrected chi connectivity index (χ4v) is 1.99. The van der Waals surface area contributed by atoms with Crippen molar-refractivity contribution in [1.82, 2.24) is 5.43 Å². The van der Waals surface area contributed by atoms with Crippen molar-refractivity contribution in [2.75, 3.05) is 0 Å². The molecule has 0 saturated heterocycles. The van der Waals surface area contributed by atoms with E-state index in [1.165, 1.54) is 12.3 Å². The standard InChI is InChI=1S/C17H12N2O3/c20-16(19-18-11-12-6-2-1-3-7-12)14-10-13-8-4-5-9-15(13)22-17(14)21/h1-11H,(H,19,20)/b18-11-. The Labute approximate surface area is 125 Å². The number of para-hydroxylation sites is 1. The van der Waals surface area contributed by atoms with Crippen molar-refractivity contribution in [1.29, 1.82) is 0 Å². The normalized spacial score (nSPS) is 10.9. The summed E-state index contributed by atoms with van der Waals surface area (Å²) in [5, 5.41) is 4.51. The zero-order valence-corrected chi connectivity index (χ0v) is 11.5. The number of rotatable bonds is 3. The highest BCUT2D eigenvalue weighted by Gasteiger charge is 2.12. The van der Waals surface area contributed by atoms with Crippen molar-refractivity contribution in [3.8, 4) is 0 Å². The van der Waals surface area contributed by atoms with Gasteiger partial charge in [-0.3, -0.25) is 4.79 Å². The number of nitrogens with zero attached hydrogens (tertiary/aromatic N) is 1. The van der Waals surface area contributed by atoms with Crippen LogP contribution in [0.15, 0.2) is 75.0 Å². The molecule has 0 unspecified atom stereocenters. The molecule has 1 heterocycles. The molecule has 1 N–H and O–H groups in total. The van der Waals surface area contributed by atoms with Crippen LogP contribution in [-0.2, 0) is 0 Å². The number of hydrogen-bond donors (Lipinski definition) is 1. The highest BCUT2D eigenvalue weighted by Crippen LogP contribution is 2.12. The molecule has 1 aromatic heterocycles. The van der Waals surface area contributed by atoms with Gasteiger partial charge in [0.05, 0.1) is 6.21 Å². The molecule has 2 aromatic carbocycles.